The fraction of sp³-hybridized carbons (Fsp3) is 0.538. The summed E-state index contributed by atoms with van der Waals surface area (Å²) in [7, 11) is 0. The van der Waals surface area contributed by atoms with Crippen LogP contribution in [0.3, 0.4) is 0 Å². The molecule has 1 fully saturated rings. The number of carbonyl (C=O) groups excluding carboxylic acids is 2. The Morgan fingerprint density at radius 2 is 1.57 bits per heavy atom. The van der Waals surface area contributed by atoms with Crippen molar-refractivity contribution in [2.75, 3.05) is 13.1 Å². The van der Waals surface area contributed by atoms with Crippen LogP contribution >= 0.6 is 0 Å². The van der Waals surface area contributed by atoms with Crippen LogP contribution in [-0.4, -0.2) is 47.1 Å². The number of nitrogens with one attached hydrogen (secondary N) is 2. The zero-order valence-corrected chi connectivity index (χ0v) is 11.1. The van der Waals surface area contributed by atoms with Gasteiger partial charge in [-0.3, -0.25) is 19.2 Å². The standard InChI is InChI=1S/C13H16N2O6/c16-8(14-5-9(17)18)4-15-12(19)10-6-1-2-7(3-6)11(10)13(20)21/h1-2,6-7,10-11H,3-5H2,(H,14,16)(H,15,19)(H,17,18)(H,20,21)/t6-,7-,10+,11+/m0/s1. The van der Waals surface area contributed by atoms with Gasteiger partial charge in [-0.05, 0) is 18.3 Å². The Balaban J connectivity index is 1.88. The highest BCUT2D eigenvalue weighted by Crippen LogP contribution is 2.48. The summed E-state index contributed by atoms with van der Waals surface area (Å²) in [5.41, 5.74) is 0. The zero-order valence-electron chi connectivity index (χ0n) is 11.1. The third kappa shape index (κ3) is 3.21. The van der Waals surface area contributed by atoms with Crippen molar-refractivity contribution >= 4 is 23.8 Å². The first-order valence-corrected chi connectivity index (χ1v) is 6.57. The quantitative estimate of drug-likeness (QED) is 0.456. The van der Waals surface area contributed by atoms with Gasteiger partial charge >= 0.3 is 11.9 Å². The molecule has 4 N–H and O–H groups in total. The van der Waals surface area contributed by atoms with Crippen LogP contribution in [0.1, 0.15) is 6.42 Å². The molecule has 2 aliphatic rings. The summed E-state index contributed by atoms with van der Waals surface area (Å²) in [6.45, 7) is -0.890. The molecule has 2 aliphatic carbocycles. The predicted octanol–water partition coefficient (Wildman–Crippen LogP) is -1.17. The molecule has 0 aromatic carbocycles. The Kier molecular flexibility index (Phi) is 4.25. The van der Waals surface area contributed by atoms with Gasteiger partial charge in [-0.15, -0.1) is 0 Å². The van der Waals surface area contributed by atoms with Crippen LogP contribution in [0.4, 0.5) is 0 Å². The van der Waals surface area contributed by atoms with Gasteiger partial charge in [-0.25, -0.2) is 0 Å². The molecule has 2 amide bonds. The lowest BCUT2D eigenvalue weighted by atomic mass is 9.82. The van der Waals surface area contributed by atoms with E-state index in [9.17, 15) is 24.3 Å². The van der Waals surface area contributed by atoms with Gasteiger partial charge in [0, 0.05) is 0 Å². The first-order valence-electron chi connectivity index (χ1n) is 6.57. The molecule has 0 aliphatic heterocycles. The van der Waals surface area contributed by atoms with Crippen LogP contribution in [-0.2, 0) is 19.2 Å². The Hall–Kier alpha value is -2.38. The molecule has 0 saturated heterocycles. The molecule has 4 atom stereocenters. The second kappa shape index (κ2) is 5.94. The van der Waals surface area contributed by atoms with E-state index >= 15 is 0 Å². The van der Waals surface area contributed by atoms with Crippen molar-refractivity contribution in [2.45, 2.75) is 6.42 Å². The van der Waals surface area contributed by atoms with Gasteiger partial charge < -0.3 is 20.8 Å². The number of carboxylic acid groups (broad SMARTS) is 2. The summed E-state index contributed by atoms with van der Waals surface area (Å²) >= 11 is 0. The molecule has 0 heterocycles. The van der Waals surface area contributed by atoms with Gasteiger partial charge in [-0.2, -0.15) is 0 Å². The second-order valence-electron chi connectivity index (χ2n) is 5.23. The molecule has 0 radical (unpaired) electrons. The van der Waals surface area contributed by atoms with Crippen LogP contribution in [0.5, 0.6) is 0 Å². The van der Waals surface area contributed by atoms with E-state index in [1.165, 1.54) is 0 Å². The Labute approximate surface area is 120 Å². The molecule has 0 aromatic heterocycles. The van der Waals surface area contributed by atoms with Gasteiger partial charge in [0.2, 0.25) is 11.8 Å². The molecule has 0 unspecified atom stereocenters. The van der Waals surface area contributed by atoms with Crippen LogP contribution in [0, 0.1) is 23.7 Å². The molecule has 8 heteroatoms. The van der Waals surface area contributed by atoms with Crippen molar-refractivity contribution in [1.29, 1.82) is 0 Å². The number of allylic oxidation sites excluding steroid dienone is 2. The maximum absolute atomic E-state index is 12.1. The van der Waals surface area contributed by atoms with Crippen LogP contribution in [0.15, 0.2) is 12.2 Å². The van der Waals surface area contributed by atoms with Crippen LogP contribution < -0.4 is 10.6 Å². The minimum absolute atomic E-state index is 0.113. The molecular formula is C13H16N2O6. The average molecular weight is 296 g/mol. The van der Waals surface area contributed by atoms with Gasteiger partial charge in [0.25, 0.3) is 0 Å². The number of amides is 2. The second-order valence-corrected chi connectivity index (χ2v) is 5.23. The minimum atomic E-state index is -1.18. The summed E-state index contributed by atoms with van der Waals surface area (Å²) in [6.07, 6.45) is 4.31. The molecule has 2 bridgehead atoms. The highest BCUT2D eigenvalue weighted by Gasteiger charge is 2.51. The average Bonchev–Trinajstić information content (AvgIpc) is 3.02. The highest BCUT2D eigenvalue weighted by molar-refractivity contribution is 5.90. The van der Waals surface area contributed by atoms with Crippen molar-refractivity contribution in [2.24, 2.45) is 23.7 Å². The van der Waals surface area contributed by atoms with E-state index in [1.807, 2.05) is 12.2 Å². The Morgan fingerprint density at radius 3 is 2.14 bits per heavy atom. The monoisotopic (exact) mass is 296 g/mol. The van der Waals surface area contributed by atoms with Gasteiger partial charge in [0.1, 0.15) is 6.54 Å². The van der Waals surface area contributed by atoms with Gasteiger partial charge in [-0.1, -0.05) is 12.2 Å². The third-order valence-electron chi connectivity index (χ3n) is 3.91. The van der Waals surface area contributed by atoms with Crippen LogP contribution in [0.2, 0.25) is 0 Å². The van der Waals surface area contributed by atoms with E-state index in [2.05, 4.69) is 10.6 Å². The predicted molar refractivity (Wildman–Crippen MR) is 69.0 cm³/mol. The smallest absolute Gasteiger partial charge is 0.322 e. The van der Waals surface area contributed by atoms with E-state index in [4.69, 9.17) is 5.11 Å². The van der Waals surface area contributed by atoms with Crippen LogP contribution in [0.25, 0.3) is 0 Å². The van der Waals surface area contributed by atoms with E-state index in [-0.39, 0.29) is 18.4 Å². The number of hydrogen-bond acceptors (Lipinski definition) is 4. The van der Waals surface area contributed by atoms with E-state index < -0.39 is 42.1 Å². The number of rotatable bonds is 6. The van der Waals surface area contributed by atoms with Crippen molar-refractivity contribution < 1.29 is 29.4 Å². The topological polar surface area (TPSA) is 133 Å². The molecule has 114 valence electrons. The van der Waals surface area contributed by atoms with Crippen molar-refractivity contribution in [3.05, 3.63) is 12.2 Å². The lowest BCUT2D eigenvalue weighted by Crippen LogP contribution is -2.44. The van der Waals surface area contributed by atoms with Gasteiger partial charge in [0.05, 0.1) is 18.4 Å². The minimum Gasteiger partial charge on any atom is -0.481 e. The number of carboxylic acids is 2. The van der Waals surface area contributed by atoms with Gasteiger partial charge in [0.15, 0.2) is 0 Å². The van der Waals surface area contributed by atoms with Crippen molar-refractivity contribution in [3.8, 4) is 0 Å². The number of aliphatic carboxylic acids is 2. The van der Waals surface area contributed by atoms with Crippen molar-refractivity contribution in [1.82, 2.24) is 10.6 Å². The van der Waals surface area contributed by atoms with E-state index in [0.717, 1.165) is 0 Å². The molecule has 0 aromatic rings. The van der Waals surface area contributed by atoms with E-state index in [1.54, 1.807) is 0 Å². The normalized spacial score (nSPS) is 29.1. The SMILES string of the molecule is O=C(O)CNC(=O)CNC(=O)[C@H]1[C@H](C(=O)O)[C@H]2C=C[C@H]1C2. The highest BCUT2D eigenvalue weighted by atomic mass is 16.4. The first kappa shape index (κ1) is 15.0. The Morgan fingerprint density at radius 1 is 0.952 bits per heavy atom. The summed E-state index contributed by atoms with van der Waals surface area (Å²) in [5.74, 6) is -4.99. The fourth-order valence-corrected chi connectivity index (χ4v) is 3.04. The Bertz CT molecular complexity index is 515. The first-order chi connectivity index (χ1) is 9.90. The summed E-state index contributed by atoms with van der Waals surface area (Å²) in [5, 5.41) is 22.1. The summed E-state index contributed by atoms with van der Waals surface area (Å²) < 4.78 is 0. The largest absolute Gasteiger partial charge is 0.481 e. The number of carbonyl (C=O) groups is 4. The van der Waals surface area contributed by atoms with Crippen molar-refractivity contribution in [3.63, 3.8) is 0 Å². The van der Waals surface area contributed by atoms with E-state index in [0.29, 0.717) is 6.42 Å². The maximum Gasteiger partial charge on any atom is 0.322 e. The molecule has 21 heavy (non-hydrogen) atoms. The number of hydrogen-bond donors (Lipinski definition) is 4. The lowest BCUT2D eigenvalue weighted by Gasteiger charge is -2.23. The molecule has 0 spiro atoms. The summed E-state index contributed by atoms with van der Waals surface area (Å²) in [4.78, 5) is 45.0. The number of fused-ring (bicyclic) bond motifs is 2. The molecule has 8 nitrogen and oxygen atoms in total. The summed E-state index contributed by atoms with van der Waals surface area (Å²) in [6, 6.07) is 0. The lowest BCUT2D eigenvalue weighted by molar-refractivity contribution is -0.148. The maximum atomic E-state index is 12.1. The third-order valence-corrected chi connectivity index (χ3v) is 3.91. The zero-order chi connectivity index (χ0) is 15.6. The fourth-order valence-electron chi connectivity index (χ4n) is 3.04. The molecular weight excluding hydrogens is 280 g/mol. The molecule has 1 saturated carbocycles. The molecule has 2 rings (SSSR count).